The average molecular weight is 216 g/mol. The van der Waals surface area contributed by atoms with E-state index in [2.05, 4.69) is 0 Å². The second-order valence-corrected chi connectivity index (χ2v) is 4.19. The molecule has 0 aliphatic heterocycles. The minimum Gasteiger partial charge on any atom is -0.396 e. The first-order valence-corrected chi connectivity index (χ1v) is 5.09. The Kier molecular flexibility index (Phi) is 2.14. The topological polar surface area (TPSA) is 26.0 Å². The van der Waals surface area contributed by atoms with Gasteiger partial charge < -0.3 is 5.73 Å². The number of hydrogen-bond donors (Lipinski definition) is 1. The first-order valence-electron chi connectivity index (χ1n) is 3.74. The third-order valence-electron chi connectivity index (χ3n) is 1.82. The first kappa shape index (κ1) is 8.78. The van der Waals surface area contributed by atoms with Gasteiger partial charge in [-0.2, -0.15) is 0 Å². The van der Waals surface area contributed by atoms with Crippen LogP contribution in [-0.4, -0.2) is 0 Å². The third kappa shape index (κ3) is 1.49. The zero-order chi connectivity index (χ0) is 9.42. The van der Waals surface area contributed by atoms with Gasteiger partial charge in [0.25, 0.3) is 0 Å². The second-order valence-electron chi connectivity index (χ2n) is 2.76. The molecule has 1 nitrogen and oxygen atoms in total. The van der Waals surface area contributed by atoms with Crippen LogP contribution in [0.2, 0.25) is 0 Å². The van der Waals surface area contributed by atoms with E-state index < -0.39 is 0 Å². The summed E-state index contributed by atoms with van der Waals surface area (Å²) in [6.07, 6.45) is 0. The Labute approximate surface area is 83.9 Å². The van der Waals surface area contributed by atoms with E-state index in [4.69, 9.17) is 17.3 Å². The van der Waals surface area contributed by atoms with E-state index in [9.17, 15) is 4.39 Å². The van der Waals surface area contributed by atoms with Crippen molar-refractivity contribution in [2.24, 2.45) is 0 Å². The molecule has 0 unspecified atom stereocenters. The largest absolute Gasteiger partial charge is 0.396 e. The fraction of sp³-hybridized carbons (Fsp3) is 0.111. The van der Waals surface area contributed by atoms with Crippen LogP contribution in [-0.2, 0) is 5.88 Å². The number of halogens is 2. The van der Waals surface area contributed by atoms with E-state index in [0.29, 0.717) is 5.88 Å². The molecular weight excluding hydrogens is 209 g/mol. The molecular formula is C9H7ClFNS. The molecule has 0 saturated heterocycles. The third-order valence-corrected chi connectivity index (χ3v) is 3.36. The van der Waals surface area contributed by atoms with E-state index in [1.165, 1.54) is 17.4 Å². The van der Waals surface area contributed by atoms with Gasteiger partial charge in [0.15, 0.2) is 0 Å². The molecule has 2 N–H and O–H groups in total. The predicted octanol–water partition coefficient (Wildman–Crippen LogP) is 3.36. The number of anilines is 1. The lowest BCUT2D eigenvalue weighted by atomic mass is 10.2. The molecule has 0 radical (unpaired) electrons. The van der Waals surface area contributed by atoms with E-state index >= 15 is 0 Å². The predicted molar refractivity (Wildman–Crippen MR) is 55.8 cm³/mol. The zero-order valence-corrected chi connectivity index (χ0v) is 8.25. The average Bonchev–Trinajstić information content (AvgIpc) is 2.48. The van der Waals surface area contributed by atoms with Crippen molar-refractivity contribution in [3.63, 3.8) is 0 Å². The summed E-state index contributed by atoms with van der Waals surface area (Å²) >= 11 is 7.16. The molecule has 4 heteroatoms. The Hall–Kier alpha value is -0.800. The number of fused-ring (bicyclic) bond motifs is 1. The number of hydrogen-bond acceptors (Lipinski definition) is 2. The standard InChI is InChI=1S/C9H7ClFNS/c10-4-6-1-5-2-8(12)7(11)3-9(5)13-6/h1-3H,4,12H2. The van der Waals surface area contributed by atoms with Crippen LogP contribution in [0.3, 0.4) is 0 Å². The monoisotopic (exact) mass is 215 g/mol. The lowest BCUT2D eigenvalue weighted by Gasteiger charge is -1.94. The highest BCUT2D eigenvalue weighted by molar-refractivity contribution is 7.19. The molecule has 2 rings (SSSR count). The summed E-state index contributed by atoms with van der Waals surface area (Å²) in [5, 5.41) is 0.958. The van der Waals surface area contributed by atoms with Gasteiger partial charge in [-0.15, -0.1) is 22.9 Å². The molecule has 1 heterocycles. The van der Waals surface area contributed by atoms with Gasteiger partial charge in [0.05, 0.1) is 11.6 Å². The number of rotatable bonds is 1. The Balaban J connectivity index is 2.70. The van der Waals surface area contributed by atoms with Crippen LogP contribution in [0.4, 0.5) is 10.1 Å². The van der Waals surface area contributed by atoms with Crippen molar-refractivity contribution >= 4 is 38.7 Å². The molecule has 1 aromatic heterocycles. The van der Waals surface area contributed by atoms with Crippen LogP contribution in [0.15, 0.2) is 18.2 Å². The van der Waals surface area contributed by atoms with Gasteiger partial charge in [-0.3, -0.25) is 0 Å². The molecule has 13 heavy (non-hydrogen) atoms. The van der Waals surface area contributed by atoms with Gasteiger partial charge in [0.2, 0.25) is 0 Å². The summed E-state index contributed by atoms with van der Waals surface area (Å²) in [4.78, 5) is 1.03. The maximum atomic E-state index is 13.0. The van der Waals surface area contributed by atoms with Gasteiger partial charge in [-0.05, 0) is 23.6 Å². The highest BCUT2D eigenvalue weighted by Gasteiger charge is 2.04. The molecule has 0 spiro atoms. The van der Waals surface area contributed by atoms with Gasteiger partial charge in [0, 0.05) is 9.58 Å². The number of thiophene rings is 1. The number of alkyl halides is 1. The zero-order valence-electron chi connectivity index (χ0n) is 6.68. The smallest absolute Gasteiger partial charge is 0.147 e. The van der Waals surface area contributed by atoms with Gasteiger partial charge in [-0.1, -0.05) is 0 Å². The Morgan fingerprint density at radius 1 is 1.38 bits per heavy atom. The minimum atomic E-state index is -0.365. The number of benzene rings is 1. The van der Waals surface area contributed by atoms with Crippen LogP contribution in [0, 0.1) is 5.82 Å². The van der Waals surface area contributed by atoms with E-state index in [-0.39, 0.29) is 11.5 Å². The van der Waals surface area contributed by atoms with Crippen molar-refractivity contribution < 1.29 is 4.39 Å². The fourth-order valence-electron chi connectivity index (χ4n) is 1.20. The molecule has 0 aliphatic rings. The van der Waals surface area contributed by atoms with Crippen LogP contribution < -0.4 is 5.73 Å². The van der Waals surface area contributed by atoms with Crippen molar-refractivity contribution in [3.05, 3.63) is 28.9 Å². The van der Waals surface area contributed by atoms with Crippen LogP contribution in [0.25, 0.3) is 10.1 Å². The van der Waals surface area contributed by atoms with Crippen molar-refractivity contribution in [2.75, 3.05) is 5.73 Å². The van der Waals surface area contributed by atoms with Crippen molar-refractivity contribution in [1.29, 1.82) is 0 Å². The summed E-state index contributed by atoms with van der Waals surface area (Å²) in [5.41, 5.74) is 5.62. The maximum Gasteiger partial charge on any atom is 0.147 e. The molecule has 1 aromatic carbocycles. The molecule has 0 aliphatic carbocycles. The quantitative estimate of drug-likeness (QED) is 0.573. The molecule has 0 bridgehead atoms. The van der Waals surface area contributed by atoms with Crippen LogP contribution in [0.1, 0.15) is 4.88 Å². The first-order chi connectivity index (χ1) is 6.20. The normalized spacial score (nSPS) is 10.9. The minimum absolute atomic E-state index is 0.187. The lowest BCUT2D eigenvalue weighted by molar-refractivity contribution is 0.634. The van der Waals surface area contributed by atoms with Crippen LogP contribution >= 0.6 is 22.9 Å². The Morgan fingerprint density at radius 2 is 2.15 bits per heavy atom. The molecule has 0 saturated carbocycles. The fourth-order valence-corrected chi connectivity index (χ4v) is 2.36. The van der Waals surface area contributed by atoms with Crippen LogP contribution in [0.5, 0.6) is 0 Å². The van der Waals surface area contributed by atoms with Gasteiger partial charge in [0.1, 0.15) is 5.82 Å². The second kappa shape index (κ2) is 3.16. The molecule has 2 aromatic rings. The molecule has 0 amide bonds. The van der Waals surface area contributed by atoms with Gasteiger partial charge >= 0.3 is 0 Å². The molecule has 0 fully saturated rings. The summed E-state index contributed by atoms with van der Waals surface area (Å²) < 4.78 is 13.9. The lowest BCUT2D eigenvalue weighted by Crippen LogP contribution is -1.88. The summed E-state index contributed by atoms with van der Waals surface area (Å²) in [7, 11) is 0. The van der Waals surface area contributed by atoms with Crippen molar-refractivity contribution in [3.8, 4) is 0 Å². The van der Waals surface area contributed by atoms with E-state index in [0.717, 1.165) is 15.0 Å². The Morgan fingerprint density at radius 3 is 2.85 bits per heavy atom. The van der Waals surface area contributed by atoms with Crippen molar-refractivity contribution in [1.82, 2.24) is 0 Å². The summed E-state index contributed by atoms with van der Waals surface area (Å²) in [5.74, 6) is 0.0939. The highest BCUT2D eigenvalue weighted by atomic mass is 35.5. The SMILES string of the molecule is Nc1cc2cc(CCl)sc2cc1F. The molecule has 68 valence electrons. The number of nitrogen functional groups attached to an aromatic ring is 1. The summed E-state index contributed by atoms with van der Waals surface area (Å²) in [6, 6.07) is 5.02. The Bertz CT molecular complexity index is 413. The summed E-state index contributed by atoms with van der Waals surface area (Å²) in [6.45, 7) is 0. The molecule has 0 atom stereocenters. The number of nitrogens with two attached hydrogens (primary N) is 1. The highest BCUT2D eigenvalue weighted by Crippen LogP contribution is 2.29. The van der Waals surface area contributed by atoms with Gasteiger partial charge in [-0.25, -0.2) is 4.39 Å². The van der Waals surface area contributed by atoms with E-state index in [1.807, 2.05) is 6.07 Å². The van der Waals surface area contributed by atoms with E-state index in [1.54, 1.807) is 6.07 Å². The van der Waals surface area contributed by atoms with Crippen molar-refractivity contribution in [2.45, 2.75) is 5.88 Å². The maximum absolute atomic E-state index is 13.0.